The van der Waals surface area contributed by atoms with Crippen molar-refractivity contribution in [1.82, 2.24) is 9.46 Å². The number of hydrogen-bond donors (Lipinski definition) is 1. The highest BCUT2D eigenvalue weighted by Crippen LogP contribution is 2.30. The molecule has 0 bridgehead atoms. The van der Waals surface area contributed by atoms with Crippen LogP contribution in [0.3, 0.4) is 0 Å². The third-order valence-electron chi connectivity index (χ3n) is 5.91. The molecular formula is C25H26FN3O4S. The van der Waals surface area contributed by atoms with Crippen LogP contribution in [-0.2, 0) is 14.8 Å². The van der Waals surface area contributed by atoms with E-state index in [1.165, 1.54) is 22.5 Å². The second kappa shape index (κ2) is 9.90. The minimum absolute atomic E-state index is 0.0206. The summed E-state index contributed by atoms with van der Waals surface area (Å²) in [5.41, 5.74) is 2.15. The van der Waals surface area contributed by atoms with Gasteiger partial charge in [-0.25, -0.2) is 12.8 Å². The largest absolute Gasteiger partial charge is 0.355 e. The van der Waals surface area contributed by atoms with E-state index in [-0.39, 0.29) is 35.3 Å². The summed E-state index contributed by atoms with van der Waals surface area (Å²) in [6.45, 7) is 3.79. The molecule has 1 unspecified atom stereocenters. The van der Waals surface area contributed by atoms with Crippen LogP contribution < -0.4 is 5.32 Å². The van der Waals surface area contributed by atoms with Gasteiger partial charge in [0.1, 0.15) is 11.5 Å². The Morgan fingerprint density at radius 1 is 1.15 bits per heavy atom. The molecule has 7 nitrogen and oxygen atoms in total. The first-order valence-corrected chi connectivity index (χ1v) is 12.5. The van der Waals surface area contributed by atoms with Gasteiger partial charge in [-0.2, -0.15) is 4.31 Å². The number of anilines is 1. The molecule has 2 heterocycles. The molecule has 1 atom stereocenters. The summed E-state index contributed by atoms with van der Waals surface area (Å²) in [5, 5.41) is 6.74. The number of para-hydroxylation sites is 1. The molecule has 0 spiro atoms. The summed E-state index contributed by atoms with van der Waals surface area (Å²) >= 11 is 0. The van der Waals surface area contributed by atoms with Crippen molar-refractivity contribution < 1.29 is 22.1 Å². The van der Waals surface area contributed by atoms with Gasteiger partial charge in [0.05, 0.1) is 5.92 Å². The fourth-order valence-corrected chi connectivity index (χ4v) is 5.80. The Morgan fingerprint density at radius 2 is 1.88 bits per heavy atom. The molecule has 1 aromatic heterocycles. The number of piperidine rings is 1. The molecule has 1 fully saturated rings. The molecule has 0 radical (unpaired) electrons. The second-order valence-electron chi connectivity index (χ2n) is 8.32. The van der Waals surface area contributed by atoms with E-state index in [0.717, 1.165) is 5.56 Å². The highest BCUT2D eigenvalue weighted by atomic mass is 32.2. The quantitative estimate of drug-likeness (QED) is 0.551. The average Bonchev–Trinajstić information content (AvgIpc) is 3.21. The Balaban J connectivity index is 1.55. The highest BCUT2D eigenvalue weighted by molar-refractivity contribution is 7.89. The van der Waals surface area contributed by atoms with Gasteiger partial charge in [-0.15, -0.1) is 0 Å². The van der Waals surface area contributed by atoms with Crippen molar-refractivity contribution in [1.29, 1.82) is 0 Å². The van der Waals surface area contributed by atoms with E-state index in [1.54, 1.807) is 25.1 Å². The van der Waals surface area contributed by atoms with Crippen molar-refractivity contribution in [2.75, 3.05) is 18.4 Å². The fourth-order valence-electron chi connectivity index (χ4n) is 4.03. The van der Waals surface area contributed by atoms with E-state index in [1.807, 2.05) is 31.2 Å². The number of benzene rings is 2. The maximum atomic E-state index is 14.0. The predicted octanol–water partition coefficient (Wildman–Crippen LogP) is 4.64. The van der Waals surface area contributed by atoms with Crippen molar-refractivity contribution >= 4 is 33.8 Å². The Morgan fingerprint density at radius 3 is 2.65 bits per heavy atom. The van der Waals surface area contributed by atoms with E-state index in [0.29, 0.717) is 24.1 Å². The van der Waals surface area contributed by atoms with Crippen LogP contribution in [0.4, 0.5) is 10.1 Å². The number of nitrogens with one attached hydrogen (secondary N) is 1. The van der Waals surface area contributed by atoms with Crippen LogP contribution in [0.15, 0.2) is 57.9 Å². The number of hydrogen-bond acceptors (Lipinski definition) is 5. The van der Waals surface area contributed by atoms with Gasteiger partial charge in [-0.1, -0.05) is 41.6 Å². The lowest BCUT2D eigenvalue weighted by atomic mass is 9.98. The normalized spacial score (nSPS) is 17.2. The van der Waals surface area contributed by atoms with E-state index in [9.17, 15) is 17.6 Å². The number of carbonyl (C=O) groups excluding carboxylic acids is 1. The number of carbonyl (C=O) groups is 1. The van der Waals surface area contributed by atoms with Crippen molar-refractivity contribution in [3.05, 3.63) is 76.9 Å². The number of rotatable bonds is 6. The topological polar surface area (TPSA) is 92.5 Å². The highest BCUT2D eigenvalue weighted by Gasteiger charge is 2.37. The maximum absolute atomic E-state index is 14.0. The zero-order valence-corrected chi connectivity index (χ0v) is 19.8. The number of nitrogens with zero attached hydrogens (tertiary/aromatic N) is 2. The molecule has 34 heavy (non-hydrogen) atoms. The molecule has 0 aliphatic carbocycles. The van der Waals surface area contributed by atoms with Crippen LogP contribution in [0.2, 0.25) is 0 Å². The molecule has 2 aromatic carbocycles. The zero-order chi connectivity index (χ0) is 24.3. The summed E-state index contributed by atoms with van der Waals surface area (Å²) in [5.74, 6) is -1.11. The van der Waals surface area contributed by atoms with E-state index in [2.05, 4.69) is 10.5 Å². The molecule has 9 heteroatoms. The van der Waals surface area contributed by atoms with E-state index < -0.39 is 21.8 Å². The van der Waals surface area contributed by atoms with Crippen LogP contribution in [0.5, 0.6) is 0 Å². The Hall–Kier alpha value is -3.30. The molecular weight excluding hydrogens is 457 g/mol. The lowest BCUT2D eigenvalue weighted by Gasteiger charge is -2.31. The smallest absolute Gasteiger partial charge is 0.248 e. The van der Waals surface area contributed by atoms with Gasteiger partial charge < -0.3 is 9.84 Å². The number of aryl methyl sites for hydroxylation is 2. The number of sulfonamides is 1. The van der Waals surface area contributed by atoms with Crippen LogP contribution in [0.25, 0.3) is 12.2 Å². The average molecular weight is 484 g/mol. The Bertz CT molecular complexity index is 1330. The molecule has 1 amide bonds. The zero-order valence-electron chi connectivity index (χ0n) is 19.0. The van der Waals surface area contributed by atoms with Crippen LogP contribution in [-0.4, -0.2) is 36.9 Å². The minimum atomic E-state index is -3.99. The van der Waals surface area contributed by atoms with Crippen LogP contribution in [0, 0.1) is 25.6 Å². The summed E-state index contributed by atoms with van der Waals surface area (Å²) in [7, 11) is -3.99. The maximum Gasteiger partial charge on any atom is 0.248 e. The molecule has 1 saturated heterocycles. The van der Waals surface area contributed by atoms with Crippen LogP contribution >= 0.6 is 0 Å². The molecule has 178 valence electrons. The number of aromatic nitrogens is 1. The van der Waals surface area contributed by atoms with Gasteiger partial charge in [0.25, 0.3) is 0 Å². The first kappa shape index (κ1) is 23.8. The van der Waals surface area contributed by atoms with E-state index >= 15 is 0 Å². The monoisotopic (exact) mass is 483 g/mol. The standard InChI is InChI=1S/C25H26FN3O4S/c1-17-8-3-6-12-22(17)27-25(30)20-10-7-15-29(16-20)34(31,32)24-18(2)28-33-23(24)14-13-19-9-4-5-11-21(19)26/h3-6,8-9,11-14,20H,7,10,15-16H2,1-2H3,(H,27,30). The van der Waals surface area contributed by atoms with Gasteiger partial charge >= 0.3 is 0 Å². The third kappa shape index (κ3) is 4.95. The van der Waals surface area contributed by atoms with Gasteiger partial charge in [0, 0.05) is 24.3 Å². The number of halogens is 1. The summed E-state index contributed by atoms with van der Waals surface area (Å²) < 4.78 is 47.6. The molecule has 1 aliphatic heterocycles. The fraction of sp³-hybridized carbons (Fsp3) is 0.280. The first-order valence-electron chi connectivity index (χ1n) is 11.0. The molecule has 0 saturated carbocycles. The van der Waals surface area contributed by atoms with Gasteiger partial charge in [-0.05, 0) is 56.5 Å². The van der Waals surface area contributed by atoms with Gasteiger partial charge in [-0.3, -0.25) is 4.79 Å². The van der Waals surface area contributed by atoms with Crippen molar-refractivity contribution in [2.24, 2.45) is 5.92 Å². The van der Waals surface area contributed by atoms with Crippen molar-refractivity contribution in [3.63, 3.8) is 0 Å². The SMILES string of the molecule is Cc1ccccc1NC(=O)C1CCCN(S(=O)(=O)c2c(C)noc2C=Cc2ccccc2F)C1. The molecule has 1 aliphatic rings. The minimum Gasteiger partial charge on any atom is -0.355 e. The molecule has 4 rings (SSSR count). The third-order valence-corrected chi connectivity index (χ3v) is 7.93. The molecule has 1 N–H and O–H groups in total. The lowest BCUT2D eigenvalue weighted by molar-refractivity contribution is -0.120. The summed E-state index contributed by atoms with van der Waals surface area (Å²) in [6.07, 6.45) is 3.99. The molecule has 3 aromatic rings. The predicted molar refractivity (Wildman–Crippen MR) is 128 cm³/mol. The summed E-state index contributed by atoms with van der Waals surface area (Å²) in [4.78, 5) is 12.8. The Kier molecular flexibility index (Phi) is 6.95. The van der Waals surface area contributed by atoms with Crippen LogP contribution in [0.1, 0.15) is 35.4 Å². The van der Waals surface area contributed by atoms with Gasteiger partial charge in [0.15, 0.2) is 10.7 Å². The van der Waals surface area contributed by atoms with E-state index in [4.69, 9.17) is 4.52 Å². The summed E-state index contributed by atoms with van der Waals surface area (Å²) in [6, 6.07) is 13.6. The first-order chi connectivity index (χ1) is 16.3. The Labute approximate surface area is 198 Å². The lowest BCUT2D eigenvalue weighted by Crippen LogP contribution is -2.44. The van der Waals surface area contributed by atoms with Crippen molar-refractivity contribution in [3.8, 4) is 0 Å². The van der Waals surface area contributed by atoms with Crippen molar-refractivity contribution in [2.45, 2.75) is 31.6 Å². The van der Waals surface area contributed by atoms with Gasteiger partial charge in [0.2, 0.25) is 15.9 Å². The number of amides is 1. The second-order valence-corrected chi connectivity index (χ2v) is 10.2.